The fraction of sp³-hybridized carbons (Fsp3) is 0.435. The lowest BCUT2D eigenvalue weighted by molar-refractivity contribution is 0.0746. The maximum atomic E-state index is 13.2. The molecule has 1 aromatic carbocycles. The Hall–Kier alpha value is -2.87. The van der Waals surface area contributed by atoms with Crippen LogP contribution in [-0.2, 0) is 19.9 Å². The van der Waals surface area contributed by atoms with E-state index in [-0.39, 0.29) is 11.5 Å². The molecule has 0 bridgehead atoms. The summed E-state index contributed by atoms with van der Waals surface area (Å²) >= 11 is 1.68. The Bertz CT molecular complexity index is 1190. The first-order chi connectivity index (χ1) is 15.1. The molecule has 1 saturated heterocycles. The topological polar surface area (TPSA) is 67.7 Å². The number of piperazine rings is 1. The number of thiophene rings is 1. The molecule has 1 aliphatic carbocycles. The molecule has 0 atom stereocenters. The molecule has 5 rings (SSSR count). The number of anilines is 1. The number of aryl methyl sites for hydroxylation is 2. The Morgan fingerprint density at radius 1 is 1.06 bits per heavy atom. The maximum Gasteiger partial charge on any atom is 0.263 e. The molecule has 7 nitrogen and oxygen atoms in total. The molecule has 0 radical (unpaired) electrons. The summed E-state index contributed by atoms with van der Waals surface area (Å²) in [4.78, 5) is 37.1. The molecule has 1 amide bonds. The molecule has 162 valence electrons. The Labute approximate surface area is 184 Å². The van der Waals surface area contributed by atoms with Crippen molar-refractivity contribution in [2.24, 2.45) is 7.05 Å². The predicted molar refractivity (Wildman–Crippen MR) is 123 cm³/mol. The highest BCUT2D eigenvalue weighted by Crippen LogP contribution is 2.34. The first kappa shape index (κ1) is 20.1. The van der Waals surface area contributed by atoms with E-state index in [0.717, 1.165) is 35.2 Å². The number of carbonyl (C=O) groups excluding carboxylic acids is 1. The fourth-order valence-corrected chi connectivity index (χ4v) is 5.83. The molecule has 0 spiro atoms. The van der Waals surface area contributed by atoms with Crippen LogP contribution in [0.4, 0.5) is 5.95 Å². The van der Waals surface area contributed by atoms with Gasteiger partial charge in [-0.15, -0.1) is 11.3 Å². The molecule has 0 N–H and O–H groups in total. The molecule has 2 aliphatic rings. The number of nitrogens with zero attached hydrogens (tertiary/aromatic N) is 4. The summed E-state index contributed by atoms with van der Waals surface area (Å²) in [5, 5.41) is 0.819. The van der Waals surface area contributed by atoms with E-state index in [1.165, 1.54) is 16.9 Å². The van der Waals surface area contributed by atoms with Crippen LogP contribution >= 0.6 is 11.3 Å². The zero-order chi connectivity index (χ0) is 21.5. The van der Waals surface area contributed by atoms with E-state index < -0.39 is 0 Å². The number of carbonyl (C=O) groups is 1. The van der Waals surface area contributed by atoms with Gasteiger partial charge in [0.2, 0.25) is 5.95 Å². The smallest absolute Gasteiger partial charge is 0.263 e. The van der Waals surface area contributed by atoms with Crippen molar-refractivity contribution in [1.82, 2.24) is 14.5 Å². The Balaban J connectivity index is 1.36. The van der Waals surface area contributed by atoms with Gasteiger partial charge in [-0.05, 0) is 55.5 Å². The van der Waals surface area contributed by atoms with Gasteiger partial charge < -0.3 is 14.5 Å². The van der Waals surface area contributed by atoms with Crippen molar-refractivity contribution in [3.8, 4) is 5.75 Å². The van der Waals surface area contributed by atoms with Crippen molar-refractivity contribution in [3.63, 3.8) is 0 Å². The highest BCUT2D eigenvalue weighted by atomic mass is 32.1. The van der Waals surface area contributed by atoms with E-state index in [1.807, 2.05) is 11.9 Å². The molecule has 3 heterocycles. The van der Waals surface area contributed by atoms with E-state index in [9.17, 15) is 9.59 Å². The predicted octanol–water partition coefficient (Wildman–Crippen LogP) is 2.84. The normalized spacial score (nSPS) is 16.5. The second kappa shape index (κ2) is 8.00. The SMILES string of the molecule is COc1ccc(C(=O)N2CCN(c3nc4sc5c(c4c(=O)n3C)CCCC5)CC2)cc1. The number of fused-ring (bicyclic) bond motifs is 3. The van der Waals surface area contributed by atoms with Gasteiger partial charge in [-0.25, -0.2) is 4.98 Å². The monoisotopic (exact) mass is 438 g/mol. The Kier molecular flexibility index (Phi) is 5.17. The van der Waals surface area contributed by atoms with Gasteiger partial charge in [0.15, 0.2) is 0 Å². The average molecular weight is 439 g/mol. The summed E-state index contributed by atoms with van der Waals surface area (Å²) in [5.41, 5.74) is 1.93. The lowest BCUT2D eigenvalue weighted by Gasteiger charge is -2.35. The Morgan fingerprint density at radius 3 is 2.48 bits per heavy atom. The van der Waals surface area contributed by atoms with Crippen LogP contribution in [0.3, 0.4) is 0 Å². The summed E-state index contributed by atoms with van der Waals surface area (Å²) in [7, 11) is 3.42. The average Bonchev–Trinajstić information content (AvgIpc) is 3.20. The zero-order valence-electron chi connectivity index (χ0n) is 17.9. The zero-order valence-corrected chi connectivity index (χ0v) is 18.7. The van der Waals surface area contributed by atoms with Gasteiger partial charge in [-0.2, -0.15) is 0 Å². The van der Waals surface area contributed by atoms with Crippen LogP contribution in [0.1, 0.15) is 33.6 Å². The summed E-state index contributed by atoms with van der Waals surface area (Å²) in [5.74, 6) is 1.46. The number of benzene rings is 1. The fourth-order valence-electron chi connectivity index (χ4n) is 4.58. The summed E-state index contributed by atoms with van der Waals surface area (Å²) in [6, 6.07) is 7.20. The summed E-state index contributed by atoms with van der Waals surface area (Å²) in [6.07, 6.45) is 4.38. The van der Waals surface area contributed by atoms with Crippen molar-refractivity contribution in [2.45, 2.75) is 25.7 Å². The van der Waals surface area contributed by atoms with Crippen LogP contribution in [0.15, 0.2) is 29.1 Å². The van der Waals surface area contributed by atoms with Crippen molar-refractivity contribution in [1.29, 1.82) is 0 Å². The minimum atomic E-state index is 0.0190. The van der Waals surface area contributed by atoms with Crippen LogP contribution in [0.25, 0.3) is 10.2 Å². The molecule has 2 aromatic heterocycles. The molecular weight excluding hydrogens is 412 g/mol. The molecular formula is C23H26N4O3S. The van der Waals surface area contributed by atoms with E-state index in [2.05, 4.69) is 4.90 Å². The van der Waals surface area contributed by atoms with Gasteiger partial charge in [0, 0.05) is 43.7 Å². The van der Waals surface area contributed by atoms with Gasteiger partial charge in [-0.1, -0.05) is 0 Å². The minimum Gasteiger partial charge on any atom is -0.497 e. The number of methoxy groups -OCH3 is 1. The number of aromatic nitrogens is 2. The van der Waals surface area contributed by atoms with E-state index in [4.69, 9.17) is 9.72 Å². The highest BCUT2D eigenvalue weighted by Gasteiger charge is 2.27. The van der Waals surface area contributed by atoms with Crippen LogP contribution in [0.2, 0.25) is 0 Å². The van der Waals surface area contributed by atoms with Crippen molar-refractivity contribution in [2.75, 3.05) is 38.2 Å². The highest BCUT2D eigenvalue weighted by molar-refractivity contribution is 7.18. The lowest BCUT2D eigenvalue weighted by Crippen LogP contribution is -2.50. The van der Waals surface area contributed by atoms with Crippen molar-refractivity contribution < 1.29 is 9.53 Å². The number of hydrogen-bond acceptors (Lipinski definition) is 6. The van der Waals surface area contributed by atoms with Crippen LogP contribution < -0.4 is 15.2 Å². The maximum absolute atomic E-state index is 13.2. The second-order valence-corrected chi connectivity index (χ2v) is 9.26. The van der Waals surface area contributed by atoms with Crippen LogP contribution in [0, 0.1) is 0 Å². The third kappa shape index (κ3) is 3.48. The Morgan fingerprint density at radius 2 is 1.77 bits per heavy atom. The number of hydrogen-bond donors (Lipinski definition) is 0. The van der Waals surface area contributed by atoms with Gasteiger partial charge >= 0.3 is 0 Å². The first-order valence-electron chi connectivity index (χ1n) is 10.8. The van der Waals surface area contributed by atoms with Crippen molar-refractivity contribution in [3.05, 3.63) is 50.6 Å². The number of rotatable bonds is 3. The second-order valence-electron chi connectivity index (χ2n) is 8.17. The van der Waals surface area contributed by atoms with Crippen molar-refractivity contribution >= 4 is 33.4 Å². The van der Waals surface area contributed by atoms with E-state index >= 15 is 0 Å². The lowest BCUT2D eigenvalue weighted by atomic mass is 9.97. The molecule has 8 heteroatoms. The van der Waals surface area contributed by atoms with Gasteiger partial charge in [0.25, 0.3) is 11.5 Å². The van der Waals surface area contributed by atoms with Gasteiger partial charge in [0.1, 0.15) is 10.6 Å². The third-order valence-corrected chi connectivity index (χ3v) is 7.55. The third-order valence-electron chi connectivity index (χ3n) is 6.36. The van der Waals surface area contributed by atoms with Crippen LogP contribution in [-0.4, -0.2) is 53.6 Å². The number of amides is 1. The van der Waals surface area contributed by atoms with E-state index in [1.54, 1.807) is 47.3 Å². The minimum absolute atomic E-state index is 0.0190. The standard InChI is InChI=1S/C23H26N4O3S/c1-25-22(29)19-17-5-3-4-6-18(17)31-20(19)24-23(25)27-13-11-26(12-14-27)21(28)15-7-9-16(30-2)10-8-15/h7-10H,3-6,11-14H2,1-2H3. The van der Waals surface area contributed by atoms with E-state index in [0.29, 0.717) is 37.7 Å². The quantitative estimate of drug-likeness (QED) is 0.629. The summed E-state index contributed by atoms with van der Waals surface area (Å²) < 4.78 is 6.86. The molecule has 31 heavy (non-hydrogen) atoms. The van der Waals surface area contributed by atoms with Gasteiger partial charge in [-0.3, -0.25) is 14.2 Å². The largest absolute Gasteiger partial charge is 0.497 e. The molecule has 1 aliphatic heterocycles. The summed E-state index contributed by atoms with van der Waals surface area (Å²) in [6.45, 7) is 2.50. The van der Waals surface area contributed by atoms with Gasteiger partial charge in [0.05, 0.1) is 12.5 Å². The molecule has 3 aromatic rings. The first-order valence-corrected chi connectivity index (χ1v) is 11.6. The molecule has 0 unspecified atom stereocenters. The molecule has 0 saturated carbocycles. The van der Waals surface area contributed by atoms with Crippen LogP contribution in [0.5, 0.6) is 5.75 Å². The molecule has 1 fully saturated rings. The number of ether oxygens (including phenoxy) is 1.